The van der Waals surface area contributed by atoms with E-state index < -0.39 is 77.1 Å². The van der Waals surface area contributed by atoms with Crippen molar-refractivity contribution in [1.29, 1.82) is 0 Å². The molecule has 4 unspecified atom stereocenters. The van der Waals surface area contributed by atoms with Gasteiger partial charge in [0.05, 0.1) is 39.3 Å². The lowest BCUT2D eigenvalue weighted by molar-refractivity contribution is -0.156. The molecule has 6 atom stereocenters. The molecular formula is C100H111BBrClN22O15S10. The van der Waals surface area contributed by atoms with Crippen molar-refractivity contribution in [2.75, 3.05) is 10.6 Å². The molecule has 150 heavy (non-hydrogen) atoms. The van der Waals surface area contributed by atoms with Crippen molar-refractivity contribution >= 4 is 263 Å². The van der Waals surface area contributed by atoms with Crippen molar-refractivity contribution in [1.82, 2.24) is 79.2 Å². The van der Waals surface area contributed by atoms with Crippen molar-refractivity contribution in [2.45, 2.75) is 194 Å². The zero-order valence-electron chi connectivity index (χ0n) is 83.4. The number of rotatable bonds is 20. The number of aliphatic carboxylic acids is 1. The van der Waals surface area contributed by atoms with Gasteiger partial charge in [-0.05, 0) is 269 Å². The number of esters is 2. The Bertz CT molecular complexity index is 7340. The van der Waals surface area contributed by atoms with Gasteiger partial charge in [-0.15, -0.1) is 12.4 Å². The molecule has 5 fully saturated rings. The largest absolute Gasteiger partial charge is 0.494 e. The summed E-state index contributed by atoms with van der Waals surface area (Å²) >= 11 is 27.5. The SMILES string of the molecule is Brc1cccnc1.CC(C)(C)OC(=O)Cn1nc(C(N)=O)c2cc(-c3cccnc3)ccc21.CC(C)(C)OC(=O)Cn1nc(C(N)=O)c2cc(B3OC(C)(C)C(C)(C)O3)ccc21.Cc1cccc(NC(=O)[C@@H]2C3CCC(C3)N2C(=O)Cn2nc(C(N)=O)c3cc(-c4cccnc4)ccc32)n1.Cc1cccc(NC(=O)[C@H]2NC3CCC2C3)n1.Cl.NC(=O)c1nn(CC(=O)O)c2ccc(-c3cccnc3)cc12.S.S=S.S=S=S.S=S=S=S. The predicted molar refractivity (Wildman–Crippen MR) is 609 cm³/mol. The number of carbonyl (C=O) groups is 10. The number of hydrogen-bond acceptors (Lipinski definition) is 31. The smallest absolute Gasteiger partial charge is 0.480 e. The van der Waals surface area contributed by atoms with E-state index in [-0.39, 0.29) is 111 Å². The number of likely N-dealkylation sites (tertiary alicyclic amines) is 1. The predicted octanol–water partition coefficient (Wildman–Crippen LogP) is 12.3. The molecule has 0 spiro atoms. The average Bonchev–Trinajstić information content (AvgIpc) is 1.60. The number of aryl methyl sites for hydroxylation is 2. The first kappa shape index (κ1) is 121. The number of pyridine rings is 6. The summed E-state index contributed by atoms with van der Waals surface area (Å²) in [6.45, 7) is 21.7. The maximum absolute atomic E-state index is 13.7. The minimum Gasteiger partial charge on any atom is -0.480 e. The van der Waals surface area contributed by atoms with E-state index in [2.05, 4.69) is 149 Å². The van der Waals surface area contributed by atoms with Gasteiger partial charge < -0.3 is 67.7 Å². The summed E-state index contributed by atoms with van der Waals surface area (Å²) in [5.41, 5.74) is 30.3. The van der Waals surface area contributed by atoms with E-state index in [0.717, 1.165) is 89.3 Å². The Morgan fingerprint density at radius 3 is 1.19 bits per heavy atom. The number of benzene rings is 4. The normalized spacial score (nSPS) is 16.3. The highest BCUT2D eigenvalue weighted by molar-refractivity contribution is 9.10. The van der Waals surface area contributed by atoms with Gasteiger partial charge >= 0.3 is 25.0 Å². The van der Waals surface area contributed by atoms with Crippen LogP contribution >= 0.6 is 41.8 Å². The van der Waals surface area contributed by atoms with Crippen LogP contribution in [0.1, 0.15) is 161 Å². The fraction of sp³-hybridized carbons (Fsp3) is 0.320. The van der Waals surface area contributed by atoms with E-state index in [4.69, 9.17) is 46.8 Å². The van der Waals surface area contributed by atoms with Gasteiger partial charge in [-0.2, -0.15) is 33.9 Å². The standard InChI is InChI=1S/C28H27N7O3.C20H28BN3O5.C19H20N4O3.C15H12N4O3.C13H17N3O.C5H4BrN.ClH.S4.S3.S2.H2S/c1-16-4-2-6-23(31-16)32-28(38)26-18-7-9-20(12-18)35(26)24(36)15-34-22-10-8-17(19-5-3-11-30-14-19)13-21(22)25(33-34)27(29)37;1-18(2,3)27-15(25)11-24-14-9-8-12(10-13(14)16(23-24)17(22)26)21-28-19(4,5)20(6,7)29-21;1-19(2,3)26-16(24)11-23-15-7-6-12(13-5-4-8-21-10-13)9-14(15)17(22-23)18(20)25;16-15(22)14-11-6-9(10-2-1-5-17-7-10)3-4-12(11)19(18-14)8-13(20)21;1-8-3-2-4-11(14-8)16-13(17)12-9-5-6-10(7-9)15-12;6-5-2-1-3-7-4-5;;1-3-4-2;1-3-2;1-2;/h2-6,8,10-11,13-14,18,20,26H,7,9,12,15H2,1H3,(H2,29,37)(H,31,32,38);8-10H,11H2,1-7H3,(H2,22,26);4-10H,11H2,1-3H3,(H2,20,25);1-7H,8H2,(H2,16,22)(H,20,21);2-4,9-10,12,15H,5-7H2,1H3,(H,14,16,17);1-4H;1H;;;;1H2/t18?,20?,26-;;;;9?,10?,12-;;;;;;/m0...0....../s1. The van der Waals surface area contributed by atoms with Crippen LogP contribution in [0, 0.1) is 25.7 Å². The highest BCUT2D eigenvalue weighted by Gasteiger charge is 2.53. The van der Waals surface area contributed by atoms with E-state index in [0.29, 0.717) is 67.2 Å². The molecule has 3 saturated heterocycles. The highest BCUT2D eigenvalue weighted by Crippen LogP contribution is 2.44. The second-order valence-corrected chi connectivity index (χ2v) is 43.6. The average molecular weight is 2310 g/mol. The van der Waals surface area contributed by atoms with Crippen molar-refractivity contribution in [3.05, 3.63) is 246 Å². The summed E-state index contributed by atoms with van der Waals surface area (Å²) in [7, 11) is 2.68. The molecule has 4 bridgehead atoms. The van der Waals surface area contributed by atoms with Crippen LogP contribution in [0.15, 0.2) is 212 Å². The van der Waals surface area contributed by atoms with Crippen molar-refractivity contribution in [3.63, 3.8) is 0 Å². The summed E-state index contributed by atoms with van der Waals surface area (Å²) in [5.74, 6) is -3.27. The molecule has 37 nitrogen and oxygen atoms in total. The molecule has 788 valence electrons. The molecule has 19 rings (SSSR count). The number of nitrogens with zero attached hydrogens (tertiary/aromatic N) is 15. The maximum Gasteiger partial charge on any atom is 0.494 e. The number of carbonyl (C=O) groups excluding carboxylic acids is 9. The van der Waals surface area contributed by atoms with E-state index in [1.54, 1.807) is 126 Å². The summed E-state index contributed by atoms with van der Waals surface area (Å²) in [6.07, 6.45) is 19.8. The lowest BCUT2D eigenvalue weighted by Crippen LogP contribution is -2.52. The molecule has 2 aliphatic carbocycles. The van der Waals surface area contributed by atoms with Gasteiger partial charge in [0, 0.05) is 210 Å². The molecule has 7 amide bonds. The number of primary amides is 4. The number of halogens is 2. The summed E-state index contributed by atoms with van der Waals surface area (Å²) < 4.78 is 29.5. The summed E-state index contributed by atoms with van der Waals surface area (Å²) in [5, 5.41) is 37.2. The van der Waals surface area contributed by atoms with Crippen LogP contribution in [0.2, 0.25) is 0 Å². The molecule has 5 aliphatic rings. The number of aromatic nitrogens is 14. The zero-order valence-corrected chi connectivity index (χ0v) is 94.1. The number of nitrogens with two attached hydrogens (primary N) is 4. The minimum atomic E-state index is -1.04. The lowest BCUT2D eigenvalue weighted by atomic mass is 9.78. The van der Waals surface area contributed by atoms with Crippen LogP contribution in [0.25, 0.3) is 77.0 Å². The van der Waals surface area contributed by atoms with Crippen LogP contribution in [0.5, 0.6) is 0 Å². The number of amides is 7. The molecule has 13 heterocycles. The van der Waals surface area contributed by atoms with Crippen molar-refractivity contribution in [3.8, 4) is 33.4 Å². The first-order valence-electron chi connectivity index (χ1n) is 46.1. The lowest BCUT2D eigenvalue weighted by Gasteiger charge is -2.34. The molecule has 2 saturated carbocycles. The van der Waals surface area contributed by atoms with E-state index in [1.807, 2.05) is 169 Å². The van der Waals surface area contributed by atoms with Crippen LogP contribution in [-0.2, 0) is 167 Å². The van der Waals surface area contributed by atoms with Crippen LogP contribution < -0.4 is 44.3 Å². The topological polar surface area (TPSA) is 520 Å². The number of fused-ring (bicyclic) bond motifs is 8. The number of carboxylic acid groups (broad SMARTS) is 1. The monoisotopic (exact) mass is 2300 g/mol. The third kappa shape index (κ3) is 32.2. The summed E-state index contributed by atoms with van der Waals surface area (Å²) in [6, 6.07) is 47.9. The quantitative estimate of drug-likeness (QED) is 0.0259. The van der Waals surface area contributed by atoms with Gasteiger partial charge in [-0.3, -0.25) is 86.6 Å². The molecule has 14 aromatic rings. The van der Waals surface area contributed by atoms with E-state index in [9.17, 15) is 47.9 Å². The first-order valence-corrected chi connectivity index (χ1v) is 54.9. The molecule has 50 heteroatoms. The Morgan fingerprint density at radius 2 is 0.860 bits per heavy atom. The Hall–Kier alpha value is -12.6. The molecule has 10 aromatic heterocycles. The number of nitrogens with one attached hydrogen (secondary N) is 3. The number of anilines is 2. The van der Waals surface area contributed by atoms with Gasteiger partial charge in [-0.25, -0.2) is 9.97 Å². The molecule has 0 radical (unpaired) electrons. The first-order chi connectivity index (χ1) is 70.3. The second kappa shape index (κ2) is 54.9. The van der Waals surface area contributed by atoms with Gasteiger partial charge in [0.25, 0.3) is 23.6 Å². The van der Waals surface area contributed by atoms with Crippen LogP contribution in [0.4, 0.5) is 11.6 Å². The fourth-order valence-electron chi connectivity index (χ4n) is 17.3. The Balaban J connectivity index is 0.000000203. The molecule has 3 aliphatic heterocycles. The zero-order chi connectivity index (χ0) is 108. The third-order valence-electron chi connectivity index (χ3n) is 24.2. The number of hydrogen-bond donors (Lipinski definition) is 8. The molecular weight excluding hydrogens is 2200 g/mol. The minimum absolute atomic E-state index is 0. The maximum atomic E-state index is 13.7. The number of carboxylic acids is 1. The number of piperidine rings is 2. The Labute approximate surface area is 925 Å². The Kier molecular flexibility index (Phi) is 44.3. The van der Waals surface area contributed by atoms with Gasteiger partial charge in [0.2, 0.25) is 17.7 Å². The van der Waals surface area contributed by atoms with Crippen LogP contribution in [-0.4, -0.2) is 192 Å². The van der Waals surface area contributed by atoms with Gasteiger partial charge in [0.1, 0.15) is 55.1 Å². The van der Waals surface area contributed by atoms with Gasteiger partial charge in [-0.1, -0.05) is 60.7 Å². The fourth-order valence-corrected chi connectivity index (χ4v) is 17.6. The third-order valence-corrected chi connectivity index (χ3v) is 26.8. The number of ether oxygens (including phenoxy) is 2. The summed E-state index contributed by atoms with van der Waals surface area (Å²) in [4.78, 5) is 148. The van der Waals surface area contributed by atoms with Crippen molar-refractivity contribution < 1.29 is 71.8 Å². The van der Waals surface area contributed by atoms with E-state index >= 15 is 0 Å². The van der Waals surface area contributed by atoms with Crippen LogP contribution in [0.3, 0.4) is 0 Å². The molecule has 12 N–H and O–H groups in total. The second-order valence-electron chi connectivity index (χ2n) is 37.4. The van der Waals surface area contributed by atoms with Crippen molar-refractivity contribution in [2.24, 2.45) is 34.8 Å². The van der Waals surface area contributed by atoms with E-state index in [1.165, 1.54) is 49.3 Å². The Morgan fingerprint density at radius 1 is 0.487 bits per heavy atom. The van der Waals surface area contributed by atoms with Gasteiger partial charge in [0.15, 0.2) is 22.8 Å². The molecule has 4 aromatic carbocycles. The highest BCUT2D eigenvalue weighted by atomic mass is 79.9.